The fourth-order valence-corrected chi connectivity index (χ4v) is 2.00. The molecule has 0 aromatic carbocycles. The Morgan fingerprint density at radius 1 is 1.18 bits per heavy atom. The van der Waals surface area contributed by atoms with Crippen molar-refractivity contribution >= 4 is 11.8 Å². The number of likely N-dealkylation sites (N-methyl/N-ethyl adjacent to an activating group) is 1. The molecule has 4 nitrogen and oxygen atoms in total. The standard InChI is InChI=1S/C13H26N2O2/c1-5-6-7-8-9-11(16)15(4)12(10(2)3)13(14)17/h10,12H,5-9H2,1-4H3,(H2,14,17). The molecule has 4 heteroatoms. The normalized spacial score (nSPS) is 12.5. The molecule has 0 heterocycles. The molecule has 0 radical (unpaired) electrons. The maximum Gasteiger partial charge on any atom is 0.240 e. The molecule has 0 bridgehead atoms. The Bertz CT molecular complexity index is 252. The second-order valence-electron chi connectivity index (χ2n) is 4.91. The molecule has 2 N–H and O–H groups in total. The van der Waals surface area contributed by atoms with E-state index in [1.54, 1.807) is 7.05 Å². The van der Waals surface area contributed by atoms with Gasteiger partial charge in [-0.25, -0.2) is 0 Å². The Morgan fingerprint density at radius 3 is 2.18 bits per heavy atom. The SMILES string of the molecule is CCCCCCC(=O)N(C)C(C(N)=O)C(C)C. The highest BCUT2D eigenvalue weighted by molar-refractivity contribution is 5.86. The monoisotopic (exact) mass is 242 g/mol. The van der Waals surface area contributed by atoms with Crippen LogP contribution in [0.3, 0.4) is 0 Å². The van der Waals surface area contributed by atoms with Gasteiger partial charge in [0.15, 0.2) is 0 Å². The van der Waals surface area contributed by atoms with Crippen molar-refractivity contribution in [1.29, 1.82) is 0 Å². The zero-order valence-electron chi connectivity index (χ0n) is 11.5. The lowest BCUT2D eigenvalue weighted by atomic mass is 10.0. The molecule has 0 rings (SSSR count). The molecular weight excluding hydrogens is 216 g/mol. The highest BCUT2D eigenvalue weighted by atomic mass is 16.2. The lowest BCUT2D eigenvalue weighted by Crippen LogP contribution is -2.48. The molecule has 0 aliphatic heterocycles. The summed E-state index contributed by atoms with van der Waals surface area (Å²) in [6, 6.07) is -0.492. The summed E-state index contributed by atoms with van der Waals surface area (Å²) in [6.07, 6.45) is 4.77. The number of nitrogens with two attached hydrogens (primary N) is 1. The van der Waals surface area contributed by atoms with Gasteiger partial charge in [-0.1, -0.05) is 40.0 Å². The predicted molar refractivity (Wildman–Crippen MR) is 69.3 cm³/mol. The third kappa shape index (κ3) is 5.71. The van der Waals surface area contributed by atoms with Crippen molar-refractivity contribution in [2.75, 3.05) is 7.05 Å². The van der Waals surface area contributed by atoms with E-state index in [1.807, 2.05) is 13.8 Å². The van der Waals surface area contributed by atoms with Gasteiger partial charge in [0, 0.05) is 13.5 Å². The Morgan fingerprint density at radius 2 is 1.76 bits per heavy atom. The molecule has 1 atom stereocenters. The molecular formula is C13H26N2O2. The van der Waals surface area contributed by atoms with Crippen molar-refractivity contribution in [3.8, 4) is 0 Å². The van der Waals surface area contributed by atoms with Gasteiger partial charge in [0.05, 0.1) is 0 Å². The Kier molecular flexibility index (Phi) is 7.59. The quantitative estimate of drug-likeness (QED) is 0.661. The van der Waals surface area contributed by atoms with Gasteiger partial charge >= 0.3 is 0 Å². The lowest BCUT2D eigenvalue weighted by Gasteiger charge is -2.28. The number of hydrogen-bond donors (Lipinski definition) is 1. The first-order chi connectivity index (χ1) is 7.91. The van der Waals surface area contributed by atoms with Crippen molar-refractivity contribution in [3.05, 3.63) is 0 Å². The minimum Gasteiger partial charge on any atom is -0.368 e. The van der Waals surface area contributed by atoms with E-state index in [4.69, 9.17) is 5.73 Å². The zero-order valence-corrected chi connectivity index (χ0v) is 11.5. The molecule has 2 amide bonds. The maximum atomic E-state index is 11.9. The number of primary amides is 1. The minimum absolute atomic E-state index is 0.0126. The van der Waals surface area contributed by atoms with Crippen molar-refractivity contribution in [1.82, 2.24) is 4.90 Å². The van der Waals surface area contributed by atoms with Gasteiger partial charge < -0.3 is 10.6 Å². The van der Waals surface area contributed by atoms with E-state index in [2.05, 4.69) is 6.92 Å². The molecule has 17 heavy (non-hydrogen) atoms. The van der Waals surface area contributed by atoms with Crippen LogP contribution in [0.1, 0.15) is 52.9 Å². The molecule has 0 fully saturated rings. The summed E-state index contributed by atoms with van der Waals surface area (Å²) in [5.41, 5.74) is 5.32. The first-order valence-corrected chi connectivity index (χ1v) is 6.46. The van der Waals surface area contributed by atoms with Crippen LogP contribution < -0.4 is 5.73 Å². The van der Waals surface area contributed by atoms with Gasteiger partial charge in [-0.3, -0.25) is 9.59 Å². The topological polar surface area (TPSA) is 63.4 Å². The Labute approximate surface area is 105 Å². The number of carbonyl (C=O) groups excluding carboxylic acids is 2. The summed E-state index contributed by atoms with van der Waals surface area (Å²) in [5.74, 6) is -0.361. The van der Waals surface area contributed by atoms with Crippen molar-refractivity contribution < 1.29 is 9.59 Å². The number of unbranched alkanes of at least 4 members (excludes halogenated alkanes) is 3. The minimum atomic E-state index is -0.492. The molecule has 0 saturated carbocycles. The largest absolute Gasteiger partial charge is 0.368 e. The van der Waals surface area contributed by atoms with Crippen molar-refractivity contribution in [2.45, 2.75) is 58.9 Å². The summed E-state index contributed by atoms with van der Waals surface area (Å²) < 4.78 is 0. The second-order valence-corrected chi connectivity index (χ2v) is 4.91. The van der Waals surface area contributed by atoms with Gasteiger partial charge in [-0.05, 0) is 12.3 Å². The van der Waals surface area contributed by atoms with E-state index < -0.39 is 11.9 Å². The van der Waals surface area contributed by atoms with Crippen LogP contribution in [0.15, 0.2) is 0 Å². The average molecular weight is 242 g/mol. The zero-order chi connectivity index (χ0) is 13.4. The third-order valence-corrected chi connectivity index (χ3v) is 2.98. The van der Waals surface area contributed by atoms with Crippen LogP contribution in [0.25, 0.3) is 0 Å². The van der Waals surface area contributed by atoms with Crippen LogP contribution in [0.2, 0.25) is 0 Å². The number of rotatable bonds is 8. The molecule has 0 aliphatic carbocycles. The second kappa shape index (κ2) is 8.09. The molecule has 0 aromatic heterocycles. The van der Waals surface area contributed by atoms with Crippen molar-refractivity contribution in [3.63, 3.8) is 0 Å². The number of carbonyl (C=O) groups is 2. The van der Waals surface area contributed by atoms with Crippen LogP contribution >= 0.6 is 0 Å². The first-order valence-electron chi connectivity index (χ1n) is 6.46. The van der Waals surface area contributed by atoms with E-state index in [9.17, 15) is 9.59 Å². The highest BCUT2D eigenvalue weighted by Gasteiger charge is 2.27. The number of nitrogens with zero attached hydrogens (tertiary/aromatic N) is 1. The van der Waals surface area contributed by atoms with E-state index in [0.29, 0.717) is 6.42 Å². The lowest BCUT2D eigenvalue weighted by molar-refractivity contribution is -0.139. The number of hydrogen-bond acceptors (Lipinski definition) is 2. The maximum absolute atomic E-state index is 11.9. The van der Waals surface area contributed by atoms with Crippen molar-refractivity contribution in [2.24, 2.45) is 11.7 Å². The van der Waals surface area contributed by atoms with E-state index in [1.165, 1.54) is 4.90 Å². The molecule has 0 aliphatic rings. The third-order valence-electron chi connectivity index (χ3n) is 2.98. The van der Waals surface area contributed by atoms with Gasteiger partial charge in [0.2, 0.25) is 11.8 Å². The van der Waals surface area contributed by atoms with Crippen LogP contribution in [0, 0.1) is 5.92 Å². The summed E-state index contributed by atoms with van der Waals surface area (Å²) in [4.78, 5) is 24.7. The fraction of sp³-hybridized carbons (Fsp3) is 0.846. The van der Waals surface area contributed by atoms with Gasteiger partial charge in [-0.2, -0.15) is 0 Å². The Balaban J connectivity index is 4.22. The smallest absolute Gasteiger partial charge is 0.240 e. The number of amides is 2. The van der Waals surface area contributed by atoms with E-state index in [0.717, 1.165) is 25.7 Å². The van der Waals surface area contributed by atoms with Gasteiger partial charge in [0.25, 0.3) is 0 Å². The summed E-state index contributed by atoms with van der Waals surface area (Å²) in [5, 5.41) is 0. The van der Waals surface area contributed by atoms with Crippen LogP contribution in [0.4, 0.5) is 0 Å². The molecule has 0 aromatic rings. The van der Waals surface area contributed by atoms with Gasteiger partial charge in [-0.15, -0.1) is 0 Å². The summed E-state index contributed by atoms with van der Waals surface area (Å²) in [7, 11) is 1.66. The molecule has 0 saturated heterocycles. The fourth-order valence-electron chi connectivity index (χ4n) is 2.00. The molecule has 1 unspecified atom stereocenters. The van der Waals surface area contributed by atoms with Gasteiger partial charge in [0.1, 0.15) is 6.04 Å². The molecule has 100 valence electrons. The predicted octanol–water partition coefficient (Wildman–Crippen LogP) is 1.93. The van der Waals surface area contributed by atoms with E-state index in [-0.39, 0.29) is 11.8 Å². The first kappa shape index (κ1) is 15.9. The Hall–Kier alpha value is -1.06. The van der Waals surface area contributed by atoms with Crippen LogP contribution in [0.5, 0.6) is 0 Å². The summed E-state index contributed by atoms with van der Waals surface area (Å²) in [6.45, 7) is 5.93. The van der Waals surface area contributed by atoms with Crippen LogP contribution in [-0.2, 0) is 9.59 Å². The van der Waals surface area contributed by atoms with Crippen LogP contribution in [-0.4, -0.2) is 29.8 Å². The average Bonchev–Trinajstić information content (AvgIpc) is 2.22. The molecule has 0 spiro atoms. The highest BCUT2D eigenvalue weighted by Crippen LogP contribution is 2.12. The summed E-state index contributed by atoms with van der Waals surface area (Å²) >= 11 is 0. The van der Waals surface area contributed by atoms with E-state index >= 15 is 0 Å².